The Morgan fingerprint density at radius 1 is 1.47 bits per heavy atom. The van der Waals surface area contributed by atoms with Crippen LogP contribution in [0, 0.1) is 0 Å². The van der Waals surface area contributed by atoms with Gasteiger partial charge < -0.3 is 15.2 Å². The van der Waals surface area contributed by atoms with Crippen molar-refractivity contribution in [3.63, 3.8) is 0 Å². The van der Waals surface area contributed by atoms with Crippen LogP contribution in [0.25, 0.3) is 0 Å². The molecule has 1 aromatic carbocycles. The highest BCUT2D eigenvalue weighted by Gasteiger charge is 2.31. The Bertz CT molecular complexity index is 428. The van der Waals surface area contributed by atoms with Crippen LogP contribution >= 0.6 is 11.6 Å². The van der Waals surface area contributed by atoms with Gasteiger partial charge in [0.25, 0.3) is 0 Å². The van der Waals surface area contributed by atoms with E-state index in [1.165, 1.54) is 0 Å². The molecule has 106 valence electrons. The SMILES string of the molecule is COc1cccc(Cl)c1C(CN)N1CCC(OC)C1. The molecule has 1 aliphatic heterocycles. The van der Waals surface area contributed by atoms with Gasteiger partial charge in [-0.05, 0) is 18.6 Å². The third-order valence-corrected chi connectivity index (χ3v) is 4.07. The molecule has 0 aliphatic carbocycles. The summed E-state index contributed by atoms with van der Waals surface area (Å²) in [5.74, 6) is 0.795. The van der Waals surface area contributed by atoms with Gasteiger partial charge >= 0.3 is 0 Å². The highest BCUT2D eigenvalue weighted by molar-refractivity contribution is 6.31. The summed E-state index contributed by atoms with van der Waals surface area (Å²) in [6.45, 7) is 2.36. The maximum atomic E-state index is 6.34. The van der Waals surface area contributed by atoms with E-state index in [9.17, 15) is 0 Å². The van der Waals surface area contributed by atoms with Gasteiger partial charge in [0, 0.05) is 37.3 Å². The molecule has 0 spiro atoms. The zero-order chi connectivity index (χ0) is 13.8. The Labute approximate surface area is 119 Å². The average Bonchev–Trinajstić information content (AvgIpc) is 2.90. The van der Waals surface area contributed by atoms with E-state index in [-0.39, 0.29) is 12.1 Å². The van der Waals surface area contributed by atoms with Crippen molar-refractivity contribution < 1.29 is 9.47 Å². The molecule has 0 saturated carbocycles. The summed E-state index contributed by atoms with van der Waals surface area (Å²) in [5.41, 5.74) is 6.95. The van der Waals surface area contributed by atoms with E-state index >= 15 is 0 Å². The first-order valence-electron chi connectivity index (χ1n) is 6.50. The summed E-state index contributed by atoms with van der Waals surface area (Å²) in [6, 6.07) is 5.77. The maximum Gasteiger partial charge on any atom is 0.125 e. The summed E-state index contributed by atoms with van der Waals surface area (Å²) >= 11 is 6.34. The largest absolute Gasteiger partial charge is 0.496 e. The predicted molar refractivity (Wildman–Crippen MR) is 76.8 cm³/mol. The average molecular weight is 285 g/mol. The second-order valence-corrected chi connectivity index (χ2v) is 5.16. The molecule has 0 radical (unpaired) electrons. The zero-order valence-electron chi connectivity index (χ0n) is 11.4. The molecule has 0 amide bonds. The van der Waals surface area contributed by atoms with Crippen LogP contribution in [0.5, 0.6) is 5.75 Å². The summed E-state index contributed by atoms with van der Waals surface area (Å²) in [6.07, 6.45) is 1.31. The number of likely N-dealkylation sites (tertiary alicyclic amines) is 1. The Morgan fingerprint density at radius 2 is 2.26 bits per heavy atom. The van der Waals surface area contributed by atoms with E-state index in [1.807, 2.05) is 18.2 Å². The van der Waals surface area contributed by atoms with Crippen molar-refractivity contribution in [2.45, 2.75) is 18.6 Å². The van der Waals surface area contributed by atoms with Crippen molar-refractivity contribution in [3.8, 4) is 5.75 Å². The number of benzene rings is 1. The van der Waals surface area contributed by atoms with Crippen LogP contribution in [0.15, 0.2) is 18.2 Å². The molecule has 0 aromatic heterocycles. The molecule has 2 N–H and O–H groups in total. The second kappa shape index (κ2) is 6.57. The van der Waals surface area contributed by atoms with E-state index in [0.29, 0.717) is 11.6 Å². The van der Waals surface area contributed by atoms with Gasteiger partial charge in [-0.25, -0.2) is 0 Å². The van der Waals surface area contributed by atoms with Crippen LogP contribution in [0.1, 0.15) is 18.0 Å². The number of ether oxygens (including phenoxy) is 2. The fraction of sp³-hybridized carbons (Fsp3) is 0.571. The van der Waals surface area contributed by atoms with Crippen molar-refractivity contribution >= 4 is 11.6 Å². The lowest BCUT2D eigenvalue weighted by molar-refractivity contribution is 0.101. The lowest BCUT2D eigenvalue weighted by Crippen LogP contribution is -2.33. The van der Waals surface area contributed by atoms with Gasteiger partial charge in [-0.1, -0.05) is 17.7 Å². The van der Waals surface area contributed by atoms with E-state index in [1.54, 1.807) is 14.2 Å². The van der Waals surface area contributed by atoms with Crippen molar-refractivity contribution in [2.75, 3.05) is 33.9 Å². The Hall–Kier alpha value is -0.810. The Kier molecular flexibility index (Phi) is 5.05. The molecule has 2 atom stereocenters. The summed E-state index contributed by atoms with van der Waals surface area (Å²) in [7, 11) is 3.41. The van der Waals surface area contributed by atoms with Gasteiger partial charge in [0.05, 0.1) is 19.3 Å². The highest BCUT2D eigenvalue weighted by atomic mass is 35.5. The number of methoxy groups -OCH3 is 2. The van der Waals surface area contributed by atoms with Gasteiger partial charge in [-0.15, -0.1) is 0 Å². The number of hydrogen-bond donors (Lipinski definition) is 1. The normalized spacial score (nSPS) is 21.6. The molecule has 4 nitrogen and oxygen atoms in total. The first-order chi connectivity index (χ1) is 9.21. The van der Waals surface area contributed by atoms with Crippen LogP contribution in [-0.2, 0) is 4.74 Å². The lowest BCUT2D eigenvalue weighted by atomic mass is 10.0. The molecule has 1 heterocycles. The fourth-order valence-electron chi connectivity index (χ4n) is 2.70. The number of rotatable bonds is 5. The minimum Gasteiger partial charge on any atom is -0.496 e. The minimum absolute atomic E-state index is 0.0730. The van der Waals surface area contributed by atoms with Crippen LogP contribution in [0.3, 0.4) is 0 Å². The van der Waals surface area contributed by atoms with Crippen LogP contribution in [0.2, 0.25) is 5.02 Å². The Morgan fingerprint density at radius 3 is 2.84 bits per heavy atom. The lowest BCUT2D eigenvalue weighted by Gasteiger charge is -2.28. The van der Waals surface area contributed by atoms with Crippen LogP contribution in [-0.4, -0.2) is 44.9 Å². The molecule has 1 saturated heterocycles. The zero-order valence-corrected chi connectivity index (χ0v) is 12.2. The molecule has 1 aliphatic rings. The smallest absolute Gasteiger partial charge is 0.125 e. The van der Waals surface area contributed by atoms with Crippen molar-refractivity contribution in [3.05, 3.63) is 28.8 Å². The third kappa shape index (κ3) is 3.03. The van der Waals surface area contributed by atoms with Gasteiger partial charge in [-0.3, -0.25) is 4.90 Å². The quantitative estimate of drug-likeness (QED) is 0.899. The molecule has 0 bridgehead atoms. The van der Waals surface area contributed by atoms with Crippen molar-refractivity contribution in [1.29, 1.82) is 0 Å². The van der Waals surface area contributed by atoms with E-state index in [2.05, 4.69) is 4.90 Å². The van der Waals surface area contributed by atoms with Crippen LogP contribution in [0.4, 0.5) is 0 Å². The number of hydrogen-bond acceptors (Lipinski definition) is 4. The van der Waals surface area contributed by atoms with E-state index in [0.717, 1.165) is 30.8 Å². The minimum atomic E-state index is 0.0730. The van der Waals surface area contributed by atoms with Crippen LogP contribution < -0.4 is 10.5 Å². The standard InChI is InChI=1S/C14H21ClN2O2/c1-18-10-6-7-17(9-10)12(8-16)14-11(15)4-3-5-13(14)19-2/h3-5,10,12H,6-9,16H2,1-2H3. The molecule has 2 unspecified atom stereocenters. The number of nitrogens with zero attached hydrogens (tertiary/aromatic N) is 1. The summed E-state index contributed by atoms with van der Waals surface area (Å²) in [4.78, 5) is 2.32. The van der Waals surface area contributed by atoms with Gasteiger partial charge in [0.2, 0.25) is 0 Å². The molecule has 1 fully saturated rings. The molecule has 19 heavy (non-hydrogen) atoms. The fourth-order valence-corrected chi connectivity index (χ4v) is 2.99. The molecule has 1 aromatic rings. The van der Waals surface area contributed by atoms with Crippen molar-refractivity contribution in [2.24, 2.45) is 5.73 Å². The summed E-state index contributed by atoms with van der Waals surface area (Å²) in [5, 5.41) is 0.704. The summed E-state index contributed by atoms with van der Waals surface area (Å²) < 4.78 is 10.8. The Balaban J connectivity index is 2.27. The van der Waals surface area contributed by atoms with E-state index < -0.39 is 0 Å². The first-order valence-corrected chi connectivity index (χ1v) is 6.88. The van der Waals surface area contributed by atoms with Crippen molar-refractivity contribution in [1.82, 2.24) is 4.90 Å². The third-order valence-electron chi connectivity index (χ3n) is 3.74. The highest BCUT2D eigenvalue weighted by Crippen LogP contribution is 2.36. The topological polar surface area (TPSA) is 47.7 Å². The maximum absolute atomic E-state index is 6.34. The predicted octanol–water partition coefficient (Wildman–Crippen LogP) is 2.07. The van der Waals surface area contributed by atoms with Gasteiger partial charge in [-0.2, -0.15) is 0 Å². The second-order valence-electron chi connectivity index (χ2n) is 4.75. The first kappa shape index (κ1) is 14.6. The molecule has 2 rings (SSSR count). The molecular formula is C14H21ClN2O2. The van der Waals surface area contributed by atoms with E-state index in [4.69, 9.17) is 26.8 Å². The molecule has 5 heteroatoms. The van der Waals surface area contributed by atoms with Gasteiger partial charge in [0.15, 0.2) is 0 Å². The monoisotopic (exact) mass is 284 g/mol. The molecular weight excluding hydrogens is 264 g/mol. The number of nitrogens with two attached hydrogens (primary N) is 1. The number of halogens is 1. The van der Waals surface area contributed by atoms with Gasteiger partial charge in [0.1, 0.15) is 5.75 Å².